The van der Waals surface area contributed by atoms with Crippen LogP contribution < -0.4 is 10.6 Å². The highest BCUT2D eigenvalue weighted by Gasteiger charge is 2.12. The molecule has 0 radical (unpaired) electrons. The molecule has 0 aliphatic heterocycles. The maximum Gasteiger partial charge on any atom is 0.136 e. The van der Waals surface area contributed by atoms with Crippen LogP contribution in [0.4, 0.5) is 11.5 Å². The summed E-state index contributed by atoms with van der Waals surface area (Å²) in [6.07, 6.45) is 0.497. The summed E-state index contributed by atoms with van der Waals surface area (Å²) in [6.45, 7) is 4.45. The van der Waals surface area contributed by atoms with Gasteiger partial charge in [-0.2, -0.15) is 0 Å². The van der Waals surface area contributed by atoms with Gasteiger partial charge in [0, 0.05) is 30.4 Å². The van der Waals surface area contributed by atoms with Gasteiger partial charge in [0.2, 0.25) is 0 Å². The van der Waals surface area contributed by atoms with Crippen molar-refractivity contribution in [2.24, 2.45) is 5.73 Å². The first-order valence-electron chi connectivity index (χ1n) is 6.54. The standard InChI is InChI=1S/C15H19N5/c1-11-10-15(19-12(2)18-11)20(9-8-14(16)17)13-6-4-3-5-7-13/h3-7,10H,8-9H2,1-2H3,(H3,16,17). The number of aryl methyl sites for hydroxylation is 2. The van der Waals surface area contributed by atoms with Gasteiger partial charge in [-0.05, 0) is 26.0 Å². The number of rotatable bonds is 5. The van der Waals surface area contributed by atoms with Gasteiger partial charge in [-0.1, -0.05) is 18.2 Å². The largest absolute Gasteiger partial charge is 0.388 e. The van der Waals surface area contributed by atoms with Gasteiger partial charge in [0.05, 0.1) is 5.84 Å². The van der Waals surface area contributed by atoms with Crippen molar-refractivity contribution in [3.8, 4) is 0 Å². The summed E-state index contributed by atoms with van der Waals surface area (Å²) in [6, 6.07) is 11.9. The normalized spacial score (nSPS) is 10.3. The number of aromatic nitrogens is 2. The number of nitrogens with zero attached hydrogens (tertiary/aromatic N) is 3. The zero-order valence-electron chi connectivity index (χ0n) is 11.8. The van der Waals surface area contributed by atoms with E-state index in [1.807, 2.05) is 50.2 Å². The van der Waals surface area contributed by atoms with E-state index in [4.69, 9.17) is 11.1 Å². The third-order valence-corrected chi connectivity index (χ3v) is 2.90. The summed E-state index contributed by atoms with van der Waals surface area (Å²) in [5.41, 5.74) is 7.44. The first-order valence-corrected chi connectivity index (χ1v) is 6.54. The van der Waals surface area contributed by atoms with E-state index in [2.05, 4.69) is 14.9 Å². The van der Waals surface area contributed by atoms with Crippen molar-refractivity contribution in [3.63, 3.8) is 0 Å². The molecule has 0 unspecified atom stereocenters. The summed E-state index contributed by atoms with van der Waals surface area (Å²) in [7, 11) is 0. The van der Waals surface area contributed by atoms with E-state index >= 15 is 0 Å². The van der Waals surface area contributed by atoms with E-state index in [0.29, 0.717) is 13.0 Å². The van der Waals surface area contributed by atoms with Gasteiger partial charge in [0.25, 0.3) is 0 Å². The van der Waals surface area contributed by atoms with Crippen molar-refractivity contribution in [1.82, 2.24) is 9.97 Å². The molecule has 0 saturated carbocycles. The van der Waals surface area contributed by atoms with Gasteiger partial charge >= 0.3 is 0 Å². The quantitative estimate of drug-likeness (QED) is 0.646. The summed E-state index contributed by atoms with van der Waals surface area (Å²) in [5, 5.41) is 7.42. The van der Waals surface area contributed by atoms with Crippen LogP contribution in [0.15, 0.2) is 36.4 Å². The average molecular weight is 269 g/mol. The van der Waals surface area contributed by atoms with E-state index in [0.717, 1.165) is 23.0 Å². The lowest BCUT2D eigenvalue weighted by Gasteiger charge is -2.24. The van der Waals surface area contributed by atoms with Gasteiger partial charge in [0.15, 0.2) is 0 Å². The van der Waals surface area contributed by atoms with Crippen molar-refractivity contribution in [3.05, 3.63) is 47.9 Å². The van der Waals surface area contributed by atoms with Crippen molar-refractivity contribution < 1.29 is 0 Å². The second kappa shape index (κ2) is 6.14. The molecule has 1 aromatic carbocycles. The summed E-state index contributed by atoms with van der Waals surface area (Å²) >= 11 is 0. The fraction of sp³-hybridized carbons (Fsp3) is 0.267. The van der Waals surface area contributed by atoms with E-state index in [1.165, 1.54) is 0 Å². The maximum atomic E-state index is 7.42. The molecule has 5 nitrogen and oxygen atoms in total. The SMILES string of the molecule is Cc1cc(N(CCC(=N)N)c2ccccc2)nc(C)n1. The highest BCUT2D eigenvalue weighted by Crippen LogP contribution is 2.24. The smallest absolute Gasteiger partial charge is 0.136 e. The molecular formula is C15H19N5. The van der Waals surface area contributed by atoms with E-state index in [-0.39, 0.29) is 5.84 Å². The van der Waals surface area contributed by atoms with Crippen LogP contribution >= 0.6 is 0 Å². The third-order valence-electron chi connectivity index (χ3n) is 2.90. The van der Waals surface area contributed by atoms with Crippen LogP contribution in [-0.4, -0.2) is 22.3 Å². The summed E-state index contributed by atoms with van der Waals surface area (Å²) in [4.78, 5) is 10.9. The predicted molar refractivity (Wildman–Crippen MR) is 81.5 cm³/mol. The van der Waals surface area contributed by atoms with Crippen molar-refractivity contribution in [2.45, 2.75) is 20.3 Å². The Balaban J connectivity index is 2.37. The highest BCUT2D eigenvalue weighted by atomic mass is 15.2. The van der Waals surface area contributed by atoms with E-state index in [1.54, 1.807) is 0 Å². The minimum absolute atomic E-state index is 0.174. The molecule has 0 aliphatic rings. The number of nitrogens with one attached hydrogen (secondary N) is 1. The van der Waals surface area contributed by atoms with Gasteiger partial charge in [-0.15, -0.1) is 0 Å². The molecule has 2 aromatic rings. The van der Waals surface area contributed by atoms with Crippen LogP contribution in [-0.2, 0) is 0 Å². The molecule has 1 aromatic heterocycles. The molecule has 1 heterocycles. The van der Waals surface area contributed by atoms with Crippen molar-refractivity contribution >= 4 is 17.3 Å². The predicted octanol–water partition coefficient (Wildman–Crippen LogP) is 2.56. The Labute approximate surface area is 119 Å². The molecule has 0 spiro atoms. The Morgan fingerprint density at radius 1 is 1.20 bits per heavy atom. The number of anilines is 2. The number of amidine groups is 1. The first-order chi connectivity index (χ1) is 9.56. The fourth-order valence-electron chi connectivity index (χ4n) is 2.05. The maximum absolute atomic E-state index is 7.42. The van der Waals surface area contributed by atoms with Crippen LogP contribution in [0.3, 0.4) is 0 Å². The van der Waals surface area contributed by atoms with Gasteiger partial charge in [0.1, 0.15) is 11.6 Å². The Morgan fingerprint density at radius 2 is 1.90 bits per heavy atom. The fourth-order valence-corrected chi connectivity index (χ4v) is 2.05. The molecule has 0 fully saturated rings. The molecule has 104 valence electrons. The van der Waals surface area contributed by atoms with Crippen molar-refractivity contribution in [1.29, 1.82) is 5.41 Å². The second-order valence-electron chi connectivity index (χ2n) is 4.68. The number of hydrogen-bond acceptors (Lipinski definition) is 4. The summed E-state index contributed by atoms with van der Waals surface area (Å²) in [5.74, 6) is 1.75. The highest BCUT2D eigenvalue weighted by molar-refractivity contribution is 5.78. The minimum Gasteiger partial charge on any atom is -0.388 e. The average Bonchev–Trinajstić information content (AvgIpc) is 2.38. The van der Waals surface area contributed by atoms with Gasteiger partial charge < -0.3 is 10.6 Å². The number of para-hydroxylation sites is 1. The minimum atomic E-state index is 0.174. The molecule has 0 saturated heterocycles. The number of hydrogen-bond donors (Lipinski definition) is 2. The van der Waals surface area contributed by atoms with Gasteiger partial charge in [-0.25, -0.2) is 9.97 Å². The van der Waals surface area contributed by atoms with E-state index in [9.17, 15) is 0 Å². The molecular weight excluding hydrogens is 250 g/mol. The van der Waals surface area contributed by atoms with Crippen LogP contribution in [0, 0.1) is 19.3 Å². The molecule has 2 rings (SSSR count). The van der Waals surface area contributed by atoms with E-state index < -0.39 is 0 Å². The van der Waals surface area contributed by atoms with Crippen LogP contribution in [0.25, 0.3) is 0 Å². The van der Waals surface area contributed by atoms with Crippen LogP contribution in [0.1, 0.15) is 17.9 Å². The Hall–Kier alpha value is -2.43. The molecule has 5 heteroatoms. The zero-order valence-corrected chi connectivity index (χ0v) is 11.8. The van der Waals surface area contributed by atoms with Gasteiger partial charge in [-0.3, -0.25) is 5.41 Å². The third kappa shape index (κ3) is 3.54. The van der Waals surface area contributed by atoms with Crippen LogP contribution in [0.2, 0.25) is 0 Å². The number of nitrogens with two attached hydrogens (primary N) is 1. The summed E-state index contributed by atoms with van der Waals surface area (Å²) < 4.78 is 0. The monoisotopic (exact) mass is 269 g/mol. The zero-order chi connectivity index (χ0) is 14.5. The molecule has 0 amide bonds. The Kier molecular flexibility index (Phi) is 4.30. The van der Waals surface area contributed by atoms with Crippen LogP contribution in [0.5, 0.6) is 0 Å². The lowest BCUT2D eigenvalue weighted by Crippen LogP contribution is -2.24. The first kappa shape index (κ1) is 14.0. The second-order valence-corrected chi connectivity index (χ2v) is 4.68. The lowest BCUT2D eigenvalue weighted by atomic mass is 10.2. The van der Waals surface area contributed by atoms with Crippen molar-refractivity contribution in [2.75, 3.05) is 11.4 Å². The lowest BCUT2D eigenvalue weighted by molar-refractivity contribution is 0.903. The molecule has 3 N–H and O–H groups in total. The molecule has 0 aliphatic carbocycles. The topological polar surface area (TPSA) is 78.9 Å². The Morgan fingerprint density at radius 3 is 2.50 bits per heavy atom. The Bertz CT molecular complexity index is 574. The molecule has 0 atom stereocenters. The number of benzene rings is 1. The molecule has 20 heavy (non-hydrogen) atoms. The molecule has 0 bridgehead atoms.